The molecule has 3 heteroatoms. The van der Waals surface area contributed by atoms with Crippen molar-refractivity contribution in [2.45, 2.75) is 19.1 Å². The highest BCUT2D eigenvalue weighted by Gasteiger charge is 2.31. The molecule has 0 N–H and O–H groups in total. The number of hydrogen-bond donors (Lipinski definition) is 0. The van der Waals surface area contributed by atoms with Crippen LogP contribution in [-0.2, 0) is 4.74 Å². The lowest BCUT2D eigenvalue weighted by Crippen LogP contribution is -2.18. The second-order valence-electron chi connectivity index (χ2n) is 3.13. The molecule has 0 radical (unpaired) electrons. The van der Waals surface area contributed by atoms with E-state index in [1.54, 1.807) is 0 Å². The Morgan fingerprint density at radius 2 is 2.23 bits per heavy atom. The summed E-state index contributed by atoms with van der Waals surface area (Å²) < 4.78 is 10.7. The normalized spacial score (nSPS) is 22.5. The van der Waals surface area contributed by atoms with E-state index in [-0.39, 0.29) is 12.2 Å². The third-order valence-electron chi connectivity index (χ3n) is 2.03. The molecule has 1 aromatic rings. The van der Waals surface area contributed by atoms with E-state index in [1.165, 1.54) is 0 Å². The molecule has 0 aromatic heterocycles. The number of benzene rings is 1. The van der Waals surface area contributed by atoms with Gasteiger partial charge in [-0.05, 0) is 19.1 Å². The monoisotopic (exact) mass is 198 g/mol. The molecular weight excluding hydrogens is 188 g/mol. The molecular formula is C10H11ClO2. The predicted molar refractivity (Wildman–Crippen MR) is 51.3 cm³/mol. The van der Waals surface area contributed by atoms with Gasteiger partial charge in [0.2, 0.25) is 0 Å². The van der Waals surface area contributed by atoms with Crippen molar-refractivity contribution in [2.24, 2.45) is 0 Å². The van der Waals surface area contributed by atoms with Gasteiger partial charge in [0.25, 0.3) is 0 Å². The van der Waals surface area contributed by atoms with Gasteiger partial charge in [-0.2, -0.15) is 0 Å². The van der Waals surface area contributed by atoms with Crippen LogP contribution in [0.15, 0.2) is 24.3 Å². The summed E-state index contributed by atoms with van der Waals surface area (Å²) in [6, 6.07) is 7.47. The van der Waals surface area contributed by atoms with Crippen molar-refractivity contribution in [2.75, 3.05) is 6.61 Å². The molecule has 0 amide bonds. The second kappa shape index (κ2) is 3.56. The van der Waals surface area contributed by atoms with Crippen LogP contribution in [0.2, 0.25) is 5.02 Å². The Labute approximate surface area is 82.4 Å². The Kier molecular flexibility index (Phi) is 2.42. The molecule has 1 aliphatic heterocycles. The second-order valence-corrected chi connectivity index (χ2v) is 3.53. The summed E-state index contributed by atoms with van der Waals surface area (Å²) >= 11 is 5.93. The predicted octanol–water partition coefficient (Wildman–Crippen LogP) is 2.51. The van der Waals surface area contributed by atoms with E-state index in [1.807, 2.05) is 31.2 Å². The molecule has 1 saturated heterocycles. The van der Waals surface area contributed by atoms with Crippen molar-refractivity contribution in [3.05, 3.63) is 29.3 Å². The lowest BCUT2D eigenvalue weighted by molar-refractivity contribution is 0.176. The smallest absolute Gasteiger partial charge is 0.138 e. The Hall–Kier alpha value is -0.730. The quantitative estimate of drug-likeness (QED) is 0.697. The Morgan fingerprint density at radius 3 is 2.85 bits per heavy atom. The van der Waals surface area contributed by atoms with Crippen LogP contribution in [0.1, 0.15) is 6.92 Å². The number of halogens is 1. The van der Waals surface area contributed by atoms with Gasteiger partial charge in [0.15, 0.2) is 0 Å². The molecule has 0 aliphatic carbocycles. The van der Waals surface area contributed by atoms with E-state index in [4.69, 9.17) is 21.1 Å². The highest BCUT2D eigenvalue weighted by Crippen LogP contribution is 2.27. The summed E-state index contributed by atoms with van der Waals surface area (Å²) in [6.45, 7) is 2.78. The van der Waals surface area contributed by atoms with Crippen molar-refractivity contribution in [1.82, 2.24) is 0 Å². The SMILES string of the molecule is C[C@@H](Oc1ccccc1Cl)[C@@H]1CO1. The maximum Gasteiger partial charge on any atom is 0.138 e. The molecule has 0 saturated carbocycles. The van der Waals surface area contributed by atoms with Gasteiger partial charge < -0.3 is 9.47 Å². The summed E-state index contributed by atoms with van der Waals surface area (Å²) in [6.07, 6.45) is 0.330. The minimum atomic E-state index is 0.0832. The van der Waals surface area contributed by atoms with Crippen LogP contribution < -0.4 is 4.74 Å². The van der Waals surface area contributed by atoms with Crippen LogP contribution in [0.5, 0.6) is 5.75 Å². The molecule has 2 nitrogen and oxygen atoms in total. The van der Waals surface area contributed by atoms with Crippen molar-refractivity contribution in [3.63, 3.8) is 0 Å². The van der Waals surface area contributed by atoms with Crippen molar-refractivity contribution in [1.29, 1.82) is 0 Å². The van der Waals surface area contributed by atoms with Crippen molar-refractivity contribution < 1.29 is 9.47 Å². The van der Waals surface area contributed by atoms with Crippen LogP contribution in [0, 0.1) is 0 Å². The Bertz CT molecular complexity index is 297. The fourth-order valence-corrected chi connectivity index (χ4v) is 1.32. The van der Waals surface area contributed by atoms with Crippen LogP contribution in [0.4, 0.5) is 0 Å². The van der Waals surface area contributed by atoms with E-state index in [9.17, 15) is 0 Å². The van der Waals surface area contributed by atoms with Crippen LogP contribution >= 0.6 is 11.6 Å². The fraction of sp³-hybridized carbons (Fsp3) is 0.400. The van der Waals surface area contributed by atoms with Gasteiger partial charge in [-0.1, -0.05) is 23.7 Å². The average Bonchev–Trinajstić information content (AvgIpc) is 2.91. The number of hydrogen-bond acceptors (Lipinski definition) is 2. The first-order valence-corrected chi connectivity index (χ1v) is 4.68. The third kappa shape index (κ3) is 2.14. The van der Waals surface area contributed by atoms with Crippen LogP contribution in [-0.4, -0.2) is 18.8 Å². The molecule has 1 heterocycles. The van der Waals surface area contributed by atoms with Crippen molar-refractivity contribution >= 4 is 11.6 Å². The van der Waals surface area contributed by atoms with Crippen molar-refractivity contribution in [3.8, 4) is 5.75 Å². The molecule has 1 aromatic carbocycles. The third-order valence-corrected chi connectivity index (χ3v) is 2.34. The summed E-state index contributed by atoms with van der Waals surface area (Å²) in [5.41, 5.74) is 0. The van der Waals surface area contributed by atoms with E-state index < -0.39 is 0 Å². The number of para-hydroxylation sites is 1. The van der Waals surface area contributed by atoms with Gasteiger partial charge in [0.1, 0.15) is 18.0 Å². The summed E-state index contributed by atoms with van der Waals surface area (Å²) in [7, 11) is 0. The van der Waals surface area contributed by atoms with Gasteiger partial charge >= 0.3 is 0 Å². The highest BCUT2D eigenvalue weighted by atomic mass is 35.5. The van der Waals surface area contributed by atoms with Gasteiger partial charge in [-0.25, -0.2) is 0 Å². The Morgan fingerprint density at radius 1 is 1.54 bits per heavy atom. The van der Waals surface area contributed by atoms with Crippen LogP contribution in [0.3, 0.4) is 0 Å². The minimum absolute atomic E-state index is 0.0832. The van der Waals surface area contributed by atoms with Gasteiger partial charge in [0.05, 0.1) is 11.6 Å². The van der Waals surface area contributed by atoms with E-state index in [2.05, 4.69) is 0 Å². The maximum atomic E-state index is 5.93. The number of epoxide rings is 1. The largest absolute Gasteiger partial charge is 0.486 e. The van der Waals surface area contributed by atoms with E-state index >= 15 is 0 Å². The Balaban J connectivity index is 2.03. The first-order valence-electron chi connectivity index (χ1n) is 4.30. The first kappa shape index (κ1) is 8.85. The molecule has 70 valence electrons. The summed E-state index contributed by atoms with van der Waals surface area (Å²) in [4.78, 5) is 0. The van der Waals surface area contributed by atoms with Gasteiger partial charge in [0, 0.05) is 0 Å². The number of rotatable bonds is 3. The number of ether oxygens (including phenoxy) is 2. The minimum Gasteiger partial charge on any atom is -0.486 e. The zero-order valence-electron chi connectivity index (χ0n) is 7.37. The summed E-state index contributed by atoms with van der Waals surface area (Å²) in [5, 5.41) is 0.648. The van der Waals surface area contributed by atoms with Gasteiger partial charge in [-0.3, -0.25) is 0 Å². The van der Waals surface area contributed by atoms with Gasteiger partial charge in [-0.15, -0.1) is 0 Å². The highest BCUT2D eigenvalue weighted by molar-refractivity contribution is 6.32. The first-order chi connectivity index (χ1) is 6.27. The average molecular weight is 199 g/mol. The fourth-order valence-electron chi connectivity index (χ4n) is 1.14. The van der Waals surface area contributed by atoms with E-state index in [0.29, 0.717) is 5.02 Å². The molecule has 0 spiro atoms. The molecule has 0 unspecified atom stereocenters. The zero-order chi connectivity index (χ0) is 9.26. The molecule has 2 atom stereocenters. The summed E-state index contributed by atoms with van der Waals surface area (Å²) in [5.74, 6) is 0.729. The topological polar surface area (TPSA) is 21.8 Å². The zero-order valence-corrected chi connectivity index (χ0v) is 8.12. The molecule has 2 rings (SSSR count). The standard InChI is InChI=1S/C10H11ClO2/c1-7(10-6-12-10)13-9-5-3-2-4-8(9)11/h2-5,7,10H,6H2,1H3/t7-,10+/m1/s1. The molecule has 1 aliphatic rings. The molecule has 0 bridgehead atoms. The maximum absolute atomic E-state index is 5.93. The molecule has 13 heavy (non-hydrogen) atoms. The lowest BCUT2D eigenvalue weighted by Gasteiger charge is -2.12. The lowest BCUT2D eigenvalue weighted by atomic mass is 10.3. The molecule has 1 fully saturated rings. The van der Waals surface area contributed by atoms with E-state index in [0.717, 1.165) is 12.4 Å². The van der Waals surface area contributed by atoms with Crippen LogP contribution in [0.25, 0.3) is 0 Å².